The molecular formula is C19H25N5O7P2. The van der Waals surface area contributed by atoms with Gasteiger partial charge in [0.1, 0.15) is 30.7 Å². The van der Waals surface area contributed by atoms with Crippen LogP contribution in [0.4, 0.5) is 10.6 Å². The average Bonchev–Trinajstić information content (AvgIpc) is 3.31. The van der Waals surface area contributed by atoms with Crippen LogP contribution in [0.15, 0.2) is 24.8 Å². The van der Waals surface area contributed by atoms with Crippen molar-refractivity contribution < 1.29 is 33.3 Å². The van der Waals surface area contributed by atoms with Crippen LogP contribution in [0.3, 0.4) is 0 Å². The van der Waals surface area contributed by atoms with Crippen LogP contribution in [-0.2, 0) is 18.5 Å². The van der Waals surface area contributed by atoms with Crippen LogP contribution in [0.5, 0.6) is 0 Å². The lowest BCUT2D eigenvalue weighted by molar-refractivity contribution is -0.0593. The second-order valence-corrected chi connectivity index (χ2v) is 11.3. The number of aromatic nitrogens is 4. The highest BCUT2D eigenvalue weighted by atomic mass is 31.8. The van der Waals surface area contributed by atoms with E-state index in [1.165, 1.54) is 17.2 Å². The number of imidazole rings is 1. The van der Waals surface area contributed by atoms with Crippen molar-refractivity contribution in [2.45, 2.75) is 62.7 Å². The highest BCUT2D eigenvalue weighted by molar-refractivity contribution is 7.88. The molecule has 14 heteroatoms. The third kappa shape index (κ3) is 4.83. The molecule has 1 amide bonds. The van der Waals surface area contributed by atoms with Crippen molar-refractivity contribution in [3.63, 3.8) is 0 Å². The number of nitrogens with one attached hydrogen (secondary N) is 1. The molecule has 2 aromatic heterocycles. The predicted molar refractivity (Wildman–Crippen MR) is 120 cm³/mol. The molecule has 4 unspecified atom stereocenters. The minimum Gasteiger partial charge on any atom is -0.442 e. The van der Waals surface area contributed by atoms with E-state index in [2.05, 4.69) is 28.8 Å². The molecular weight excluding hydrogens is 472 g/mol. The highest BCUT2D eigenvalue weighted by Crippen LogP contribution is 2.56. The van der Waals surface area contributed by atoms with Gasteiger partial charge in [0.15, 0.2) is 23.2 Å². The number of fused-ring (bicyclic) bond motifs is 2. The van der Waals surface area contributed by atoms with Gasteiger partial charge in [0.25, 0.3) is 7.23 Å². The predicted octanol–water partition coefficient (Wildman–Crippen LogP) is 2.75. The summed E-state index contributed by atoms with van der Waals surface area (Å²) in [5.74, 6) is 0.184. The molecule has 178 valence electrons. The maximum Gasteiger partial charge on any atom is 0.413 e. The van der Waals surface area contributed by atoms with E-state index in [9.17, 15) is 14.8 Å². The van der Waals surface area contributed by atoms with Crippen molar-refractivity contribution in [2.75, 3.05) is 11.9 Å². The van der Waals surface area contributed by atoms with E-state index in [4.69, 9.17) is 18.5 Å². The summed E-state index contributed by atoms with van der Waals surface area (Å²) in [5.41, 5.74) is 0.660. The van der Waals surface area contributed by atoms with Crippen LogP contribution >= 0.6 is 15.8 Å². The average molecular weight is 497 g/mol. The molecule has 1 aliphatic carbocycles. The van der Waals surface area contributed by atoms with Gasteiger partial charge in [-0.1, -0.05) is 12.5 Å². The molecule has 2 saturated heterocycles. The number of anilines is 1. The summed E-state index contributed by atoms with van der Waals surface area (Å²) >= 11 is 0. The first-order valence-corrected chi connectivity index (χ1v) is 13.7. The fraction of sp³-hybridized carbons (Fsp3) is 0.579. The fourth-order valence-corrected chi connectivity index (χ4v) is 5.79. The SMILES string of the molecule is O=C(Nc1ncnc2c1ncn2[C@@H]1O[C@@H]2COP(O)(=P)OC2C1O)OC1C=CCCCCC1. The number of nitrogens with zero attached hydrogens (tertiary/aromatic N) is 4. The lowest BCUT2D eigenvalue weighted by Crippen LogP contribution is -2.38. The van der Waals surface area contributed by atoms with Crippen molar-refractivity contribution >= 4 is 38.8 Å². The highest BCUT2D eigenvalue weighted by Gasteiger charge is 2.50. The molecule has 5 rings (SSSR count). The second kappa shape index (κ2) is 9.38. The number of aliphatic hydroxyl groups excluding tert-OH is 1. The zero-order valence-corrected chi connectivity index (χ0v) is 19.5. The van der Waals surface area contributed by atoms with Crippen LogP contribution in [0.2, 0.25) is 0 Å². The summed E-state index contributed by atoms with van der Waals surface area (Å²) in [4.78, 5) is 35.2. The van der Waals surface area contributed by atoms with Crippen molar-refractivity contribution in [3.8, 4) is 0 Å². The van der Waals surface area contributed by atoms with Gasteiger partial charge < -0.3 is 28.5 Å². The van der Waals surface area contributed by atoms with E-state index in [1.807, 2.05) is 12.2 Å². The lowest BCUT2D eigenvalue weighted by atomic mass is 10.0. The quantitative estimate of drug-likeness (QED) is 0.427. The number of ether oxygens (including phenoxy) is 2. The standard InChI is InChI=1S/C19H25N5O7P2/c25-14-15-12(8-28-33(27,32)31-15)30-18(14)24-10-22-13-16(20-9-21-17(13)24)23-19(26)29-11-6-4-2-1-3-5-7-11/h4,6,9-12,14-15,18,25,27,32H,1-3,5,7-8H2,(H,20,21,23,26)/t11?,12-,14?,15?,18-,33?/m1/s1. The normalized spacial score (nSPS) is 34.4. The molecule has 0 saturated carbocycles. The molecule has 6 atom stereocenters. The van der Waals surface area contributed by atoms with E-state index in [0.717, 1.165) is 32.1 Å². The zero-order chi connectivity index (χ0) is 23.0. The van der Waals surface area contributed by atoms with E-state index >= 15 is 0 Å². The lowest BCUT2D eigenvalue weighted by Gasteiger charge is -2.31. The van der Waals surface area contributed by atoms with Gasteiger partial charge in [-0.15, -0.1) is 0 Å². The maximum atomic E-state index is 12.5. The van der Waals surface area contributed by atoms with Crippen LogP contribution in [0, 0.1) is 0 Å². The number of carbonyl (C=O) groups excluding carboxylic acids is 1. The summed E-state index contributed by atoms with van der Waals surface area (Å²) in [6.45, 7) is 0.0574. The molecule has 0 radical (unpaired) electrons. The van der Waals surface area contributed by atoms with Gasteiger partial charge in [0, 0.05) is 0 Å². The number of hydrogen-bond donors (Lipinski definition) is 3. The fourth-order valence-electron chi connectivity index (χ4n) is 4.20. The van der Waals surface area contributed by atoms with E-state index < -0.39 is 37.9 Å². The molecule has 33 heavy (non-hydrogen) atoms. The number of aliphatic hydroxyl groups is 1. The van der Waals surface area contributed by atoms with Crippen molar-refractivity contribution in [1.29, 1.82) is 0 Å². The molecule has 3 aliphatic rings. The number of carbonyl (C=O) groups is 1. The Hall–Kier alpha value is -1.91. The first kappa shape index (κ1) is 22.9. The maximum absolute atomic E-state index is 12.5. The van der Waals surface area contributed by atoms with Crippen molar-refractivity contribution in [3.05, 3.63) is 24.8 Å². The van der Waals surface area contributed by atoms with Gasteiger partial charge in [-0.2, -0.15) is 0 Å². The molecule has 12 nitrogen and oxygen atoms in total. The Morgan fingerprint density at radius 1 is 1.30 bits per heavy atom. The van der Waals surface area contributed by atoms with Crippen LogP contribution in [-0.4, -0.2) is 66.6 Å². The van der Waals surface area contributed by atoms with Crippen LogP contribution < -0.4 is 5.32 Å². The smallest absolute Gasteiger partial charge is 0.413 e. The summed E-state index contributed by atoms with van der Waals surface area (Å²) in [6, 6.07) is 0. The number of hydrogen-bond acceptors (Lipinski definition) is 9. The summed E-state index contributed by atoms with van der Waals surface area (Å²) in [6.07, 6.45) is 7.42. The first-order valence-electron chi connectivity index (χ1n) is 10.8. The number of allylic oxidation sites excluding steroid dienone is 1. The Balaban J connectivity index is 1.33. The summed E-state index contributed by atoms with van der Waals surface area (Å²) < 4.78 is 23.6. The number of amides is 1. The van der Waals surface area contributed by atoms with Crippen LogP contribution in [0.1, 0.15) is 38.3 Å². The Morgan fingerprint density at radius 2 is 2.18 bits per heavy atom. The van der Waals surface area contributed by atoms with Gasteiger partial charge in [-0.3, -0.25) is 9.88 Å². The molecule has 0 bridgehead atoms. The van der Waals surface area contributed by atoms with E-state index in [0.29, 0.717) is 11.2 Å². The Kier molecular flexibility index (Phi) is 6.50. The molecule has 0 aromatic carbocycles. The molecule has 4 heterocycles. The zero-order valence-electron chi connectivity index (χ0n) is 17.6. The molecule has 2 aliphatic heterocycles. The Morgan fingerprint density at radius 3 is 3.06 bits per heavy atom. The Bertz CT molecular complexity index is 1110. The first-order chi connectivity index (χ1) is 15.9. The van der Waals surface area contributed by atoms with Crippen molar-refractivity contribution in [1.82, 2.24) is 19.5 Å². The van der Waals surface area contributed by atoms with Gasteiger partial charge >= 0.3 is 6.09 Å². The Labute approximate surface area is 191 Å². The third-order valence-corrected chi connectivity index (χ3v) is 7.54. The molecule has 3 N–H and O–H groups in total. The molecule has 2 fully saturated rings. The summed E-state index contributed by atoms with van der Waals surface area (Å²) in [5, 5.41) is 13.4. The van der Waals surface area contributed by atoms with Gasteiger partial charge in [0.05, 0.1) is 12.9 Å². The molecule has 2 aromatic rings. The third-order valence-electron chi connectivity index (χ3n) is 5.81. The minimum absolute atomic E-state index is 0.0574. The van der Waals surface area contributed by atoms with Gasteiger partial charge in [-0.05, 0) is 40.3 Å². The van der Waals surface area contributed by atoms with E-state index in [1.54, 1.807) is 0 Å². The summed E-state index contributed by atoms with van der Waals surface area (Å²) in [7, 11) is -0.134. The van der Waals surface area contributed by atoms with Gasteiger partial charge in [0.2, 0.25) is 0 Å². The van der Waals surface area contributed by atoms with Gasteiger partial charge in [-0.25, -0.2) is 19.7 Å². The van der Waals surface area contributed by atoms with Crippen LogP contribution in [0.25, 0.3) is 11.2 Å². The second-order valence-electron chi connectivity index (χ2n) is 8.12. The molecule has 0 spiro atoms. The number of rotatable bonds is 3. The largest absolute Gasteiger partial charge is 0.442 e. The monoisotopic (exact) mass is 497 g/mol. The van der Waals surface area contributed by atoms with E-state index in [-0.39, 0.29) is 18.5 Å². The van der Waals surface area contributed by atoms with Crippen molar-refractivity contribution in [2.24, 2.45) is 0 Å². The topological polar surface area (TPSA) is 150 Å². The minimum atomic E-state index is -3.19.